The maximum Gasteiger partial charge on any atom is 0.329 e. The van der Waals surface area contributed by atoms with E-state index in [0.717, 1.165) is 5.56 Å². The molecule has 0 atom stereocenters. The zero-order valence-electron chi connectivity index (χ0n) is 16.7. The van der Waals surface area contributed by atoms with E-state index in [2.05, 4.69) is 21.2 Å². The topological polar surface area (TPSA) is 105 Å². The molecule has 0 unspecified atom stereocenters. The molecule has 1 fully saturated rings. The van der Waals surface area contributed by atoms with Gasteiger partial charge in [0, 0.05) is 15.6 Å². The zero-order chi connectivity index (χ0) is 23.4. The molecule has 8 nitrogen and oxygen atoms in total. The second-order valence-corrected chi connectivity index (χ2v) is 8.26. The van der Waals surface area contributed by atoms with Gasteiger partial charge in [-0.2, -0.15) is 0 Å². The second kappa shape index (κ2) is 10.2. The molecule has 32 heavy (non-hydrogen) atoms. The van der Waals surface area contributed by atoms with E-state index in [0.29, 0.717) is 43.1 Å². The van der Waals surface area contributed by atoms with Gasteiger partial charge in [0.15, 0.2) is 11.5 Å². The zero-order valence-corrected chi connectivity index (χ0v) is 19.8. The Morgan fingerprint density at radius 2 is 1.97 bits per heavy atom. The van der Waals surface area contributed by atoms with Crippen molar-refractivity contribution in [3.05, 3.63) is 61.7 Å². The molecular formula is C21H17BrCl2N2O6. The van der Waals surface area contributed by atoms with Crippen LogP contribution in [0.3, 0.4) is 0 Å². The number of carbonyl (C=O) groups excluding carboxylic acids is 2. The van der Waals surface area contributed by atoms with Gasteiger partial charge in [-0.25, -0.2) is 9.69 Å². The Hall–Kier alpha value is -2.75. The van der Waals surface area contributed by atoms with Crippen LogP contribution in [0.1, 0.15) is 18.1 Å². The number of halogens is 3. The van der Waals surface area contributed by atoms with Crippen molar-refractivity contribution < 1.29 is 29.0 Å². The maximum absolute atomic E-state index is 12.4. The van der Waals surface area contributed by atoms with Gasteiger partial charge in [-0.3, -0.25) is 9.59 Å². The SMILES string of the molecule is CCOc1cc(/C=C2/NC(=O)N(CC(=O)O)C2=O)cc(Br)c1OCc1ccc(Cl)cc1Cl. The van der Waals surface area contributed by atoms with Crippen LogP contribution in [0.4, 0.5) is 4.79 Å². The average molecular weight is 544 g/mol. The van der Waals surface area contributed by atoms with Gasteiger partial charge in [0.1, 0.15) is 18.8 Å². The average Bonchev–Trinajstić information content (AvgIpc) is 2.96. The minimum Gasteiger partial charge on any atom is -0.490 e. The molecule has 1 saturated heterocycles. The molecule has 1 aliphatic rings. The highest BCUT2D eigenvalue weighted by atomic mass is 79.9. The largest absolute Gasteiger partial charge is 0.490 e. The van der Waals surface area contributed by atoms with Crippen LogP contribution in [0, 0.1) is 0 Å². The quantitative estimate of drug-likeness (QED) is 0.369. The Morgan fingerprint density at radius 1 is 1.22 bits per heavy atom. The van der Waals surface area contributed by atoms with Crippen LogP contribution in [-0.2, 0) is 16.2 Å². The summed E-state index contributed by atoms with van der Waals surface area (Å²) >= 11 is 15.6. The summed E-state index contributed by atoms with van der Waals surface area (Å²) in [5.74, 6) is -1.20. The molecule has 2 aromatic rings. The number of nitrogens with zero attached hydrogens (tertiary/aromatic N) is 1. The van der Waals surface area contributed by atoms with E-state index in [1.807, 2.05) is 6.92 Å². The third kappa shape index (κ3) is 5.53. The van der Waals surface area contributed by atoms with Crippen LogP contribution >= 0.6 is 39.1 Å². The van der Waals surface area contributed by atoms with E-state index in [1.165, 1.54) is 6.08 Å². The number of hydrogen-bond acceptors (Lipinski definition) is 5. The van der Waals surface area contributed by atoms with Crippen LogP contribution in [0.25, 0.3) is 6.08 Å². The Morgan fingerprint density at radius 3 is 2.62 bits per heavy atom. The predicted molar refractivity (Wildman–Crippen MR) is 122 cm³/mol. The maximum atomic E-state index is 12.4. The van der Waals surface area contributed by atoms with Crippen LogP contribution in [0.2, 0.25) is 10.0 Å². The van der Waals surface area contributed by atoms with Crippen molar-refractivity contribution in [3.8, 4) is 11.5 Å². The van der Waals surface area contributed by atoms with Crippen molar-refractivity contribution in [2.75, 3.05) is 13.2 Å². The fraction of sp³-hybridized carbons (Fsp3) is 0.190. The summed E-state index contributed by atoms with van der Waals surface area (Å²) in [5.41, 5.74) is 1.21. The first kappa shape index (κ1) is 23.9. The second-order valence-electron chi connectivity index (χ2n) is 6.56. The summed E-state index contributed by atoms with van der Waals surface area (Å²) in [4.78, 5) is 35.7. The Labute approximate surface area is 201 Å². The highest BCUT2D eigenvalue weighted by Gasteiger charge is 2.35. The summed E-state index contributed by atoms with van der Waals surface area (Å²) < 4.78 is 12.1. The van der Waals surface area contributed by atoms with Gasteiger partial charge in [0.05, 0.1) is 11.1 Å². The molecule has 11 heteroatoms. The molecule has 0 spiro atoms. The lowest BCUT2D eigenvalue weighted by Crippen LogP contribution is -2.35. The number of urea groups is 1. The molecule has 1 aliphatic heterocycles. The molecule has 0 radical (unpaired) electrons. The Bertz CT molecular complexity index is 1120. The van der Waals surface area contributed by atoms with Crippen LogP contribution in [-0.4, -0.2) is 41.1 Å². The van der Waals surface area contributed by atoms with E-state index in [4.69, 9.17) is 37.8 Å². The van der Waals surface area contributed by atoms with Crippen molar-refractivity contribution in [1.82, 2.24) is 10.2 Å². The smallest absolute Gasteiger partial charge is 0.329 e. The summed E-state index contributed by atoms with van der Waals surface area (Å²) in [6, 6.07) is 7.60. The summed E-state index contributed by atoms with van der Waals surface area (Å²) in [5, 5.41) is 12.2. The van der Waals surface area contributed by atoms with Crippen molar-refractivity contribution in [2.45, 2.75) is 13.5 Å². The van der Waals surface area contributed by atoms with Crippen molar-refractivity contribution >= 4 is 63.1 Å². The Balaban J connectivity index is 1.87. The number of imide groups is 1. The number of nitrogens with one attached hydrogen (secondary N) is 1. The Kier molecular flexibility index (Phi) is 7.65. The van der Waals surface area contributed by atoms with Gasteiger partial charge in [0.2, 0.25) is 0 Å². The number of aliphatic carboxylic acids is 1. The van der Waals surface area contributed by atoms with Crippen molar-refractivity contribution in [3.63, 3.8) is 0 Å². The minimum absolute atomic E-state index is 0.0489. The van der Waals surface area contributed by atoms with Crippen molar-refractivity contribution in [1.29, 1.82) is 0 Å². The van der Waals surface area contributed by atoms with E-state index in [1.54, 1.807) is 30.3 Å². The standard InChI is InChI=1S/C21H17BrCl2N2O6/c1-2-31-17-7-11(6-16-20(29)26(9-18(27)28)21(30)25-16)5-14(22)19(17)32-10-12-3-4-13(23)8-15(12)24/h3-8H,2,9-10H2,1H3,(H,25,30)(H,27,28)/b16-6+. The molecule has 3 rings (SSSR count). The molecule has 1 heterocycles. The third-order valence-corrected chi connectivity index (χ3v) is 5.46. The third-order valence-electron chi connectivity index (χ3n) is 4.29. The first-order valence-corrected chi connectivity index (χ1v) is 10.8. The van der Waals surface area contributed by atoms with Gasteiger partial charge in [-0.15, -0.1) is 0 Å². The van der Waals surface area contributed by atoms with Gasteiger partial charge in [-0.1, -0.05) is 29.3 Å². The molecule has 0 aromatic heterocycles. The van der Waals surface area contributed by atoms with Gasteiger partial charge in [-0.05, 0) is 58.8 Å². The lowest BCUT2D eigenvalue weighted by molar-refractivity contribution is -0.140. The molecule has 0 bridgehead atoms. The lowest BCUT2D eigenvalue weighted by atomic mass is 10.1. The normalized spacial score (nSPS) is 14.6. The number of amides is 3. The lowest BCUT2D eigenvalue weighted by Gasteiger charge is -2.15. The minimum atomic E-state index is -1.29. The number of rotatable bonds is 8. The molecule has 0 aliphatic carbocycles. The van der Waals surface area contributed by atoms with Crippen LogP contribution in [0.15, 0.2) is 40.5 Å². The fourth-order valence-electron chi connectivity index (χ4n) is 2.88. The van der Waals surface area contributed by atoms with Gasteiger partial charge in [0.25, 0.3) is 5.91 Å². The molecule has 2 N–H and O–H groups in total. The van der Waals surface area contributed by atoms with E-state index < -0.39 is 24.5 Å². The van der Waals surface area contributed by atoms with Crippen LogP contribution in [0.5, 0.6) is 11.5 Å². The predicted octanol–water partition coefficient (Wildman–Crippen LogP) is 4.71. The fourth-order valence-corrected chi connectivity index (χ4v) is 3.92. The summed E-state index contributed by atoms with van der Waals surface area (Å²) in [6.45, 7) is 1.60. The number of carboxylic acid groups (broad SMARTS) is 1. The number of ether oxygens (including phenoxy) is 2. The molecule has 0 saturated carbocycles. The van der Waals surface area contributed by atoms with Gasteiger partial charge >= 0.3 is 12.0 Å². The van der Waals surface area contributed by atoms with Gasteiger partial charge < -0.3 is 19.9 Å². The monoisotopic (exact) mass is 542 g/mol. The van der Waals surface area contributed by atoms with Crippen LogP contribution < -0.4 is 14.8 Å². The highest BCUT2D eigenvalue weighted by Crippen LogP contribution is 2.38. The number of carboxylic acids is 1. The number of benzene rings is 2. The molecular weight excluding hydrogens is 527 g/mol. The number of carbonyl (C=O) groups is 3. The first-order chi connectivity index (χ1) is 15.2. The van der Waals surface area contributed by atoms with E-state index in [-0.39, 0.29) is 12.3 Å². The highest BCUT2D eigenvalue weighted by molar-refractivity contribution is 9.10. The number of hydrogen-bond donors (Lipinski definition) is 2. The van der Waals surface area contributed by atoms with E-state index >= 15 is 0 Å². The molecule has 2 aromatic carbocycles. The van der Waals surface area contributed by atoms with Crippen molar-refractivity contribution in [2.24, 2.45) is 0 Å². The molecule has 168 valence electrons. The van der Waals surface area contributed by atoms with E-state index in [9.17, 15) is 14.4 Å². The summed E-state index contributed by atoms with van der Waals surface area (Å²) in [6.07, 6.45) is 1.43. The first-order valence-electron chi connectivity index (χ1n) is 9.29. The summed E-state index contributed by atoms with van der Waals surface area (Å²) in [7, 11) is 0. The molecule has 3 amide bonds.